The number of hydrogen-bond donors (Lipinski definition) is 2. The first kappa shape index (κ1) is 9.72. The average molecular weight is 165 g/mol. The molecule has 10 heavy (non-hydrogen) atoms. The lowest BCUT2D eigenvalue weighted by molar-refractivity contribution is 0.0215. The smallest absolute Gasteiger partial charge is 0.0938 e. The van der Waals surface area contributed by atoms with E-state index in [1.54, 1.807) is 7.11 Å². The van der Waals surface area contributed by atoms with Crippen LogP contribution in [0.5, 0.6) is 0 Å². The number of ether oxygens (including phenoxy) is 1. The van der Waals surface area contributed by atoms with Crippen molar-refractivity contribution in [1.29, 1.82) is 5.41 Å². The lowest BCUT2D eigenvalue weighted by Gasteiger charge is -2.32. The molecule has 0 atom stereocenters. The number of rotatable bonds is 2. The Morgan fingerprint density at radius 1 is 1.60 bits per heavy atom. The van der Waals surface area contributed by atoms with Crippen LogP contribution in [0.25, 0.3) is 0 Å². The minimum Gasteiger partial charge on any atom is -0.387 e. The Kier molecular flexibility index (Phi) is 3.68. The quantitative estimate of drug-likeness (QED) is 0.468. The van der Waals surface area contributed by atoms with Gasteiger partial charge < -0.3 is 10.5 Å². The summed E-state index contributed by atoms with van der Waals surface area (Å²) in [5, 5.41) is 7.04. The molecule has 0 aromatic rings. The second kappa shape index (κ2) is 3.78. The van der Waals surface area contributed by atoms with Crippen molar-refractivity contribution in [1.82, 2.24) is 0 Å². The predicted molar refractivity (Wildman–Crippen MR) is 42.7 cm³/mol. The summed E-state index contributed by atoms with van der Waals surface area (Å²) in [5.41, 5.74) is 5.24. The number of nitrogens with two attached hydrogens (primary N) is 1. The van der Waals surface area contributed by atoms with Crippen LogP contribution in [0.4, 0.5) is 0 Å². The third-order valence-electron chi connectivity index (χ3n) is 1.87. The highest BCUT2D eigenvalue weighted by molar-refractivity contribution is 5.85. The van der Waals surface area contributed by atoms with Crippen molar-refractivity contribution in [3.05, 3.63) is 0 Å². The van der Waals surface area contributed by atoms with E-state index >= 15 is 0 Å². The SMILES string of the molecule is COC1CC(C(=N)N)C1.Cl. The summed E-state index contributed by atoms with van der Waals surface area (Å²) >= 11 is 0. The summed E-state index contributed by atoms with van der Waals surface area (Å²) in [6, 6.07) is 0. The summed E-state index contributed by atoms with van der Waals surface area (Å²) in [6.07, 6.45) is 2.23. The monoisotopic (exact) mass is 164 g/mol. The van der Waals surface area contributed by atoms with Gasteiger partial charge in [0.1, 0.15) is 0 Å². The fourth-order valence-electron chi connectivity index (χ4n) is 1.01. The molecule has 3 N–H and O–H groups in total. The van der Waals surface area contributed by atoms with Crippen molar-refractivity contribution in [3.8, 4) is 0 Å². The molecule has 0 amide bonds. The van der Waals surface area contributed by atoms with Gasteiger partial charge in [-0.25, -0.2) is 0 Å². The average Bonchev–Trinajstić information content (AvgIpc) is 1.61. The van der Waals surface area contributed by atoms with Gasteiger partial charge in [-0.2, -0.15) is 0 Å². The first-order chi connectivity index (χ1) is 4.24. The number of halogens is 1. The van der Waals surface area contributed by atoms with Crippen molar-refractivity contribution >= 4 is 18.2 Å². The van der Waals surface area contributed by atoms with Crippen LogP contribution in [0.1, 0.15) is 12.8 Å². The molecule has 4 heteroatoms. The number of methoxy groups -OCH3 is 1. The van der Waals surface area contributed by atoms with Crippen LogP contribution in [0.15, 0.2) is 0 Å². The molecule has 60 valence electrons. The van der Waals surface area contributed by atoms with Crippen molar-refractivity contribution in [2.24, 2.45) is 11.7 Å². The fraction of sp³-hybridized carbons (Fsp3) is 0.833. The molecular weight excluding hydrogens is 152 g/mol. The molecule has 0 aromatic heterocycles. The minimum atomic E-state index is 0. The molecule has 0 saturated heterocycles. The largest absolute Gasteiger partial charge is 0.387 e. The fourth-order valence-corrected chi connectivity index (χ4v) is 1.01. The predicted octanol–water partition coefficient (Wildman–Crippen LogP) is 0.769. The molecule has 1 rings (SSSR count). The molecule has 1 fully saturated rings. The molecule has 0 aliphatic heterocycles. The van der Waals surface area contributed by atoms with Gasteiger partial charge in [-0.3, -0.25) is 5.41 Å². The van der Waals surface area contributed by atoms with Gasteiger partial charge in [-0.15, -0.1) is 12.4 Å². The maximum absolute atomic E-state index is 7.04. The first-order valence-electron chi connectivity index (χ1n) is 3.10. The second-order valence-corrected chi connectivity index (χ2v) is 2.48. The molecule has 3 nitrogen and oxygen atoms in total. The van der Waals surface area contributed by atoms with Gasteiger partial charge in [0.05, 0.1) is 11.9 Å². The van der Waals surface area contributed by atoms with Gasteiger partial charge in [0.25, 0.3) is 0 Å². The molecule has 0 unspecified atom stereocenters. The Labute approximate surface area is 66.9 Å². The van der Waals surface area contributed by atoms with E-state index in [0.29, 0.717) is 17.9 Å². The number of hydrogen-bond acceptors (Lipinski definition) is 2. The van der Waals surface area contributed by atoms with Crippen molar-refractivity contribution < 1.29 is 4.74 Å². The van der Waals surface area contributed by atoms with Crippen LogP contribution in [-0.2, 0) is 4.74 Å². The first-order valence-corrected chi connectivity index (χ1v) is 3.10. The van der Waals surface area contributed by atoms with Gasteiger partial charge in [-0.05, 0) is 12.8 Å². The third-order valence-corrected chi connectivity index (χ3v) is 1.87. The molecule has 0 aromatic carbocycles. The van der Waals surface area contributed by atoms with Crippen LogP contribution in [-0.4, -0.2) is 19.0 Å². The Bertz CT molecular complexity index is 123. The van der Waals surface area contributed by atoms with E-state index in [1.807, 2.05) is 0 Å². The maximum Gasteiger partial charge on any atom is 0.0938 e. The zero-order valence-electron chi connectivity index (χ0n) is 5.96. The van der Waals surface area contributed by atoms with E-state index in [2.05, 4.69) is 0 Å². The highest BCUT2D eigenvalue weighted by Gasteiger charge is 2.30. The maximum atomic E-state index is 7.04. The van der Waals surface area contributed by atoms with Crippen LogP contribution >= 0.6 is 12.4 Å². The van der Waals surface area contributed by atoms with Gasteiger partial charge >= 0.3 is 0 Å². The summed E-state index contributed by atoms with van der Waals surface area (Å²) < 4.78 is 5.01. The normalized spacial score (nSPS) is 30.1. The van der Waals surface area contributed by atoms with Crippen molar-refractivity contribution in [2.75, 3.05) is 7.11 Å². The molecular formula is C6H13ClN2O. The van der Waals surface area contributed by atoms with E-state index in [-0.39, 0.29) is 12.4 Å². The van der Waals surface area contributed by atoms with Gasteiger partial charge in [0.15, 0.2) is 0 Å². The molecule has 0 spiro atoms. The Morgan fingerprint density at radius 3 is 2.40 bits per heavy atom. The summed E-state index contributed by atoms with van der Waals surface area (Å²) in [7, 11) is 1.70. The van der Waals surface area contributed by atoms with E-state index in [9.17, 15) is 0 Å². The third kappa shape index (κ3) is 1.85. The molecule has 0 radical (unpaired) electrons. The molecule has 0 heterocycles. The van der Waals surface area contributed by atoms with Gasteiger partial charge in [0.2, 0.25) is 0 Å². The van der Waals surface area contributed by atoms with E-state index in [1.165, 1.54) is 0 Å². The van der Waals surface area contributed by atoms with Crippen LogP contribution in [0.3, 0.4) is 0 Å². The van der Waals surface area contributed by atoms with Crippen LogP contribution in [0.2, 0.25) is 0 Å². The molecule has 1 aliphatic carbocycles. The minimum absolute atomic E-state index is 0. The lowest BCUT2D eigenvalue weighted by Crippen LogP contribution is -2.38. The van der Waals surface area contributed by atoms with Gasteiger partial charge in [0, 0.05) is 13.0 Å². The van der Waals surface area contributed by atoms with Crippen molar-refractivity contribution in [2.45, 2.75) is 18.9 Å². The zero-order chi connectivity index (χ0) is 6.85. The Balaban J connectivity index is 0.000000810. The second-order valence-electron chi connectivity index (χ2n) is 2.48. The highest BCUT2D eigenvalue weighted by Crippen LogP contribution is 2.28. The van der Waals surface area contributed by atoms with Gasteiger partial charge in [-0.1, -0.05) is 0 Å². The van der Waals surface area contributed by atoms with Crippen LogP contribution in [0, 0.1) is 11.3 Å². The number of nitrogens with one attached hydrogen (secondary N) is 1. The lowest BCUT2D eigenvalue weighted by atomic mass is 9.81. The molecule has 0 bridgehead atoms. The van der Waals surface area contributed by atoms with Crippen molar-refractivity contribution in [3.63, 3.8) is 0 Å². The zero-order valence-corrected chi connectivity index (χ0v) is 6.78. The Hall–Kier alpha value is -0.280. The Morgan fingerprint density at radius 2 is 2.10 bits per heavy atom. The van der Waals surface area contributed by atoms with E-state index in [0.717, 1.165) is 12.8 Å². The van der Waals surface area contributed by atoms with E-state index in [4.69, 9.17) is 15.9 Å². The standard InChI is InChI=1S/C6H12N2O.ClH/c1-9-5-2-4(3-5)6(7)8;/h4-5H,2-3H2,1H3,(H3,7,8);1H. The molecule has 1 aliphatic rings. The van der Waals surface area contributed by atoms with Crippen LogP contribution < -0.4 is 5.73 Å². The topological polar surface area (TPSA) is 59.1 Å². The summed E-state index contributed by atoms with van der Waals surface area (Å²) in [4.78, 5) is 0. The number of amidine groups is 1. The van der Waals surface area contributed by atoms with E-state index < -0.39 is 0 Å². The molecule has 1 saturated carbocycles. The summed E-state index contributed by atoms with van der Waals surface area (Å²) in [6.45, 7) is 0. The highest BCUT2D eigenvalue weighted by atomic mass is 35.5. The summed E-state index contributed by atoms with van der Waals surface area (Å²) in [5.74, 6) is 0.609.